The van der Waals surface area contributed by atoms with Gasteiger partial charge >= 0.3 is 0 Å². The Kier molecular flexibility index (Phi) is 6.10. The Bertz CT molecular complexity index is 994. The first-order valence-corrected chi connectivity index (χ1v) is 11.5. The quantitative estimate of drug-likeness (QED) is 0.392. The number of thioether (sulfide) groups is 1. The first kappa shape index (κ1) is 19.8. The van der Waals surface area contributed by atoms with Gasteiger partial charge in [-0.1, -0.05) is 55.8 Å². The first-order valence-electron chi connectivity index (χ1n) is 9.65. The lowest BCUT2D eigenvalue weighted by Gasteiger charge is -2.28. The van der Waals surface area contributed by atoms with Crippen LogP contribution in [0.25, 0.3) is 11.3 Å². The number of para-hydroxylation sites is 1. The molecular weight excluding hydrogens is 404 g/mol. The summed E-state index contributed by atoms with van der Waals surface area (Å²) in [5.41, 5.74) is 2.10. The molecule has 0 spiro atoms. The van der Waals surface area contributed by atoms with Gasteiger partial charge in [-0.25, -0.2) is 0 Å². The highest BCUT2D eigenvalue weighted by Gasteiger charge is 2.34. The minimum absolute atomic E-state index is 0.106. The maximum Gasteiger partial charge on any atom is 0.247 e. The van der Waals surface area contributed by atoms with E-state index in [4.69, 9.17) is 4.74 Å². The van der Waals surface area contributed by atoms with Crippen LogP contribution in [0.1, 0.15) is 44.2 Å². The lowest BCUT2D eigenvalue weighted by atomic mass is 10.1. The second kappa shape index (κ2) is 8.92. The van der Waals surface area contributed by atoms with Crippen molar-refractivity contribution in [3.8, 4) is 17.1 Å². The summed E-state index contributed by atoms with van der Waals surface area (Å²) in [7, 11) is 0. The van der Waals surface area contributed by atoms with Crippen molar-refractivity contribution >= 4 is 34.7 Å². The molecular formula is C21H22N4O2S2. The number of benzene rings is 1. The van der Waals surface area contributed by atoms with Crippen molar-refractivity contribution in [2.24, 2.45) is 0 Å². The molecule has 150 valence electrons. The van der Waals surface area contributed by atoms with E-state index in [0.717, 1.165) is 28.3 Å². The normalized spacial score (nSPS) is 15.2. The molecule has 0 fully saturated rings. The highest BCUT2D eigenvalue weighted by atomic mass is 32.2. The predicted octanol–water partition coefficient (Wildman–Crippen LogP) is 5.33. The van der Waals surface area contributed by atoms with Crippen LogP contribution in [-0.4, -0.2) is 26.8 Å². The van der Waals surface area contributed by atoms with Crippen LogP contribution in [0.5, 0.6) is 5.88 Å². The second-order valence-electron chi connectivity index (χ2n) is 6.70. The minimum atomic E-state index is -0.593. The molecule has 3 aromatic rings. The highest BCUT2D eigenvalue weighted by molar-refractivity contribution is 7.99. The lowest BCUT2D eigenvalue weighted by Crippen LogP contribution is -2.35. The molecule has 0 aliphatic carbocycles. The number of anilines is 1. The van der Waals surface area contributed by atoms with Gasteiger partial charge in [-0.2, -0.15) is 4.98 Å². The number of ether oxygens (including phenoxy) is 1. The van der Waals surface area contributed by atoms with Crippen molar-refractivity contribution in [3.05, 3.63) is 46.7 Å². The Hall–Kier alpha value is -2.45. The Morgan fingerprint density at radius 3 is 2.83 bits per heavy atom. The monoisotopic (exact) mass is 426 g/mol. The van der Waals surface area contributed by atoms with Gasteiger partial charge in [0.1, 0.15) is 0 Å². The van der Waals surface area contributed by atoms with Crippen LogP contribution >= 0.6 is 23.1 Å². The summed E-state index contributed by atoms with van der Waals surface area (Å²) in [6.45, 7) is 3.73. The molecule has 29 heavy (non-hydrogen) atoms. The predicted molar refractivity (Wildman–Crippen MR) is 116 cm³/mol. The molecule has 2 aromatic heterocycles. The van der Waals surface area contributed by atoms with E-state index < -0.39 is 6.23 Å². The smallest absolute Gasteiger partial charge is 0.247 e. The van der Waals surface area contributed by atoms with Gasteiger partial charge in [0.2, 0.25) is 23.2 Å². The van der Waals surface area contributed by atoms with Gasteiger partial charge in [0, 0.05) is 18.2 Å². The van der Waals surface area contributed by atoms with Gasteiger partial charge < -0.3 is 4.74 Å². The third-order valence-corrected chi connectivity index (χ3v) is 6.44. The average Bonchev–Trinajstić information content (AvgIpc) is 3.21. The number of hydrogen-bond donors (Lipinski definition) is 0. The first-order chi connectivity index (χ1) is 14.2. The fourth-order valence-electron chi connectivity index (χ4n) is 3.25. The third kappa shape index (κ3) is 4.13. The van der Waals surface area contributed by atoms with Crippen molar-refractivity contribution in [2.45, 2.75) is 44.5 Å². The summed E-state index contributed by atoms with van der Waals surface area (Å²) in [5, 5.41) is 11.3. The molecule has 6 nitrogen and oxygen atoms in total. The van der Waals surface area contributed by atoms with Crippen LogP contribution in [0.2, 0.25) is 0 Å². The van der Waals surface area contributed by atoms with Gasteiger partial charge in [0.25, 0.3) is 0 Å². The number of hydrogen-bond acceptors (Lipinski definition) is 7. The summed E-state index contributed by atoms with van der Waals surface area (Å²) in [6.07, 6.45) is 2.88. The van der Waals surface area contributed by atoms with Crippen LogP contribution in [-0.2, 0) is 4.79 Å². The Labute approximate surface area is 178 Å². The molecule has 0 N–H and O–H groups in total. The van der Waals surface area contributed by atoms with Crippen molar-refractivity contribution < 1.29 is 9.53 Å². The van der Waals surface area contributed by atoms with Crippen molar-refractivity contribution in [1.29, 1.82) is 0 Å². The standard InChI is InChI=1S/C21H22N4O2S2/c1-3-4-7-12-29-21-22-19-18(23-24-21)15-9-5-6-10-16(15)25(14(2)26)20(27-19)17-11-8-13-28-17/h5-6,8-11,13,20H,3-4,7,12H2,1-2H3. The zero-order chi connectivity index (χ0) is 20.2. The number of rotatable bonds is 6. The molecule has 1 atom stereocenters. The van der Waals surface area contributed by atoms with Gasteiger partial charge in [-0.05, 0) is 23.9 Å². The van der Waals surface area contributed by atoms with Gasteiger partial charge in [-0.15, -0.1) is 21.5 Å². The van der Waals surface area contributed by atoms with E-state index >= 15 is 0 Å². The number of nitrogens with zero attached hydrogens (tertiary/aromatic N) is 4. The van der Waals surface area contributed by atoms with E-state index in [-0.39, 0.29) is 5.91 Å². The van der Waals surface area contributed by atoms with Gasteiger partial charge in [-0.3, -0.25) is 9.69 Å². The Morgan fingerprint density at radius 2 is 2.07 bits per heavy atom. The van der Waals surface area contributed by atoms with Gasteiger partial charge in [0.05, 0.1) is 10.6 Å². The molecule has 1 aromatic carbocycles. The molecule has 1 aliphatic heterocycles. The topological polar surface area (TPSA) is 68.2 Å². The zero-order valence-corrected chi connectivity index (χ0v) is 18.0. The van der Waals surface area contributed by atoms with E-state index in [1.54, 1.807) is 34.9 Å². The highest BCUT2D eigenvalue weighted by Crippen LogP contribution is 2.44. The molecule has 0 bridgehead atoms. The van der Waals surface area contributed by atoms with Crippen molar-refractivity contribution in [1.82, 2.24) is 15.2 Å². The van der Waals surface area contributed by atoms with Crippen LogP contribution in [0.4, 0.5) is 5.69 Å². The van der Waals surface area contributed by atoms with Crippen LogP contribution in [0.3, 0.4) is 0 Å². The van der Waals surface area contributed by atoms with E-state index in [2.05, 4.69) is 22.1 Å². The van der Waals surface area contributed by atoms with Crippen LogP contribution in [0.15, 0.2) is 46.9 Å². The molecule has 4 rings (SSSR count). The number of amides is 1. The van der Waals surface area contributed by atoms with E-state index in [1.165, 1.54) is 12.8 Å². The SMILES string of the molecule is CCCCCSc1nnc2c(n1)OC(c1cccs1)N(C(C)=O)c1ccccc1-2. The largest absolute Gasteiger partial charge is 0.446 e. The summed E-state index contributed by atoms with van der Waals surface area (Å²) >= 11 is 3.13. The van der Waals surface area contributed by atoms with Crippen LogP contribution in [0, 0.1) is 0 Å². The third-order valence-electron chi connectivity index (χ3n) is 4.62. The second-order valence-corrected chi connectivity index (χ2v) is 8.74. The molecule has 0 radical (unpaired) electrons. The lowest BCUT2D eigenvalue weighted by molar-refractivity contribution is -0.118. The van der Waals surface area contributed by atoms with Crippen molar-refractivity contribution in [2.75, 3.05) is 10.7 Å². The maximum atomic E-state index is 12.6. The van der Waals surface area contributed by atoms with E-state index in [9.17, 15) is 4.79 Å². The Morgan fingerprint density at radius 1 is 1.21 bits per heavy atom. The summed E-state index contributed by atoms with van der Waals surface area (Å²) in [6, 6.07) is 11.6. The number of aromatic nitrogens is 3. The van der Waals surface area contributed by atoms with Gasteiger partial charge in [0.15, 0.2) is 5.69 Å². The zero-order valence-electron chi connectivity index (χ0n) is 16.4. The number of unbranched alkanes of at least 4 members (excludes halogenated alkanes) is 2. The maximum absolute atomic E-state index is 12.6. The minimum Gasteiger partial charge on any atom is -0.446 e. The fraction of sp³-hybridized carbons (Fsp3) is 0.333. The summed E-state index contributed by atoms with van der Waals surface area (Å²) in [4.78, 5) is 19.9. The van der Waals surface area contributed by atoms with E-state index in [1.807, 2.05) is 41.8 Å². The molecule has 1 amide bonds. The van der Waals surface area contributed by atoms with Crippen LogP contribution < -0.4 is 9.64 Å². The Balaban J connectivity index is 1.77. The summed E-state index contributed by atoms with van der Waals surface area (Å²) < 4.78 is 6.31. The number of carbonyl (C=O) groups is 1. The fourth-order valence-corrected chi connectivity index (χ4v) is 4.76. The molecule has 0 saturated heterocycles. The van der Waals surface area contributed by atoms with E-state index in [0.29, 0.717) is 16.7 Å². The summed E-state index contributed by atoms with van der Waals surface area (Å²) in [5.74, 6) is 1.25. The molecule has 1 aliphatic rings. The van der Waals surface area contributed by atoms with Crippen molar-refractivity contribution in [3.63, 3.8) is 0 Å². The average molecular weight is 427 g/mol. The molecule has 8 heteroatoms. The number of carbonyl (C=O) groups excluding carboxylic acids is 1. The molecule has 0 saturated carbocycles. The molecule has 1 unspecified atom stereocenters. The molecule has 3 heterocycles. The number of fused-ring (bicyclic) bond motifs is 3. The number of thiophene rings is 1.